The lowest BCUT2D eigenvalue weighted by Gasteiger charge is -2.20. The number of carbonyl (C=O) groups excluding carboxylic acids is 1. The minimum atomic E-state index is -0.793. The van der Waals surface area contributed by atoms with Crippen LogP contribution in [0.1, 0.15) is 27.2 Å². The molecule has 1 saturated heterocycles. The molecule has 5 heteroatoms. The molecule has 1 aliphatic heterocycles. The fraction of sp³-hybridized carbons (Fsp3) is 0.818. The maximum absolute atomic E-state index is 11.8. The van der Waals surface area contributed by atoms with E-state index in [4.69, 9.17) is 5.11 Å². The molecule has 1 atom stereocenters. The van der Waals surface area contributed by atoms with Crippen molar-refractivity contribution in [2.45, 2.75) is 31.9 Å². The summed E-state index contributed by atoms with van der Waals surface area (Å²) in [5.74, 6) is -0.665. The number of aliphatic carboxylic acids is 1. The van der Waals surface area contributed by atoms with Gasteiger partial charge in [-0.2, -0.15) is 0 Å². The maximum atomic E-state index is 11.8. The van der Waals surface area contributed by atoms with Crippen molar-refractivity contribution < 1.29 is 14.7 Å². The van der Waals surface area contributed by atoms with Gasteiger partial charge in [0.05, 0.1) is 11.7 Å². The van der Waals surface area contributed by atoms with E-state index in [0.29, 0.717) is 25.3 Å². The third kappa shape index (κ3) is 4.04. The molecule has 1 N–H and O–H groups in total. The van der Waals surface area contributed by atoms with Crippen LogP contribution in [0.5, 0.6) is 0 Å². The van der Waals surface area contributed by atoms with Crippen molar-refractivity contribution in [1.82, 2.24) is 4.90 Å². The molecule has 0 aromatic carbocycles. The van der Waals surface area contributed by atoms with E-state index in [1.807, 2.05) is 0 Å². The average Bonchev–Trinajstić information content (AvgIpc) is 2.61. The molecule has 0 bridgehead atoms. The minimum absolute atomic E-state index is 0.0590. The van der Waals surface area contributed by atoms with Crippen molar-refractivity contribution in [3.8, 4) is 0 Å². The molecule has 0 radical (unpaired) electrons. The SMILES string of the molecule is CC(C)(C)SCC(=O)N1CCC(C(=O)O)C1. The summed E-state index contributed by atoms with van der Waals surface area (Å²) in [6, 6.07) is 0. The van der Waals surface area contributed by atoms with Gasteiger partial charge in [-0.05, 0) is 6.42 Å². The number of thioether (sulfide) groups is 1. The van der Waals surface area contributed by atoms with E-state index in [9.17, 15) is 9.59 Å². The summed E-state index contributed by atoms with van der Waals surface area (Å²) in [5, 5.41) is 8.83. The number of rotatable bonds is 3. The summed E-state index contributed by atoms with van der Waals surface area (Å²) >= 11 is 1.60. The van der Waals surface area contributed by atoms with Gasteiger partial charge in [0.15, 0.2) is 0 Å². The van der Waals surface area contributed by atoms with Crippen LogP contribution in [0.15, 0.2) is 0 Å². The van der Waals surface area contributed by atoms with Crippen LogP contribution in [0.3, 0.4) is 0 Å². The topological polar surface area (TPSA) is 57.6 Å². The number of nitrogens with zero attached hydrogens (tertiary/aromatic N) is 1. The second kappa shape index (κ2) is 5.08. The van der Waals surface area contributed by atoms with Gasteiger partial charge in [-0.3, -0.25) is 9.59 Å². The first-order valence-corrected chi connectivity index (χ1v) is 6.43. The molecule has 0 spiro atoms. The third-order valence-corrected chi connectivity index (χ3v) is 3.78. The van der Waals surface area contributed by atoms with Gasteiger partial charge in [-0.25, -0.2) is 0 Å². The normalized spacial score (nSPS) is 21.2. The van der Waals surface area contributed by atoms with Crippen LogP contribution in [0, 0.1) is 5.92 Å². The Morgan fingerprint density at radius 2 is 2.06 bits per heavy atom. The molecule has 4 nitrogen and oxygen atoms in total. The van der Waals surface area contributed by atoms with Gasteiger partial charge in [0.1, 0.15) is 0 Å². The van der Waals surface area contributed by atoms with Crippen molar-refractivity contribution in [1.29, 1.82) is 0 Å². The zero-order valence-electron chi connectivity index (χ0n) is 10.0. The van der Waals surface area contributed by atoms with Crippen LogP contribution < -0.4 is 0 Å². The van der Waals surface area contributed by atoms with Crippen LogP contribution in [-0.4, -0.2) is 45.5 Å². The molecule has 1 unspecified atom stereocenters. The Balaban J connectivity index is 2.37. The van der Waals surface area contributed by atoms with Gasteiger partial charge in [-0.15, -0.1) is 11.8 Å². The lowest BCUT2D eigenvalue weighted by molar-refractivity contribution is -0.141. The second-order valence-corrected chi connectivity index (χ2v) is 6.87. The van der Waals surface area contributed by atoms with Gasteiger partial charge in [-0.1, -0.05) is 20.8 Å². The first-order chi connectivity index (χ1) is 7.29. The number of hydrogen-bond donors (Lipinski definition) is 1. The summed E-state index contributed by atoms with van der Waals surface area (Å²) < 4.78 is 0.0710. The molecule has 0 aromatic rings. The van der Waals surface area contributed by atoms with Crippen LogP contribution in [0.4, 0.5) is 0 Å². The molecule has 1 rings (SSSR count). The Bertz CT molecular complexity index is 285. The lowest BCUT2D eigenvalue weighted by Crippen LogP contribution is -2.32. The fourth-order valence-electron chi connectivity index (χ4n) is 1.56. The van der Waals surface area contributed by atoms with Gasteiger partial charge < -0.3 is 10.0 Å². The highest BCUT2D eigenvalue weighted by atomic mass is 32.2. The Hall–Kier alpha value is -0.710. The van der Waals surface area contributed by atoms with Crippen molar-refractivity contribution in [2.75, 3.05) is 18.8 Å². The number of carboxylic acids is 1. The molecule has 1 aliphatic rings. The van der Waals surface area contributed by atoms with Crippen molar-refractivity contribution in [3.63, 3.8) is 0 Å². The van der Waals surface area contributed by atoms with Crippen LogP contribution in [0.2, 0.25) is 0 Å². The zero-order valence-corrected chi connectivity index (χ0v) is 10.8. The number of likely N-dealkylation sites (tertiary alicyclic amines) is 1. The fourth-order valence-corrected chi connectivity index (χ4v) is 2.30. The molecule has 16 heavy (non-hydrogen) atoms. The number of hydrogen-bond acceptors (Lipinski definition) is 3. The van der Waals surface area contributed by atoms with Crippen LogP contribution in [0.25, 0.3) is 0 Å². The molecule has 92 valence electrons. The highest BCUT2D eigenvalue weighted by molar-refractivity contribution is 8.01. The van der Waals surface area contributed by atoms with Gasteiger partial charge in [0, 0.05) is 17.8 Å². The number of carbonyl (C=O) groups is 2. The van der Waals surface area contributed by atoms with Crippen LogP contribution >= 0.6 is 11.8 Å². The molecular weight excluding hydrogens is 226 g/mol. The van der Waals surface area contributed by atoms with Gasteiger partial charge >= 0.3 is 5.97 Å². The number of carboxylic acid groups (broad SMARTS) is 1. The smallest absolute Gasteiger partial charge is 0.308 e. The first-order valence-electron chi connectivity index (χ1n) is 5.44. The van der Waals surface area contributed by atoms with Gasteiger partial charge in [0.25, 0.3) is 0 Å². The lowest BCUT2D eigenvalue weighted by atomic mass is 10.1. The summed E-state index contributed by atoms with van der Waals surface area (Å²) in [6.07, 6.45) is 0.585. The zero-order chi connectivity index (χ0) is 12.3. The van der Waals surface area contributed by atoms with E-state index in [1.165, 1.54) is 0 Å². The quantitative estimate of drug-likeness (QED) is 0.817. The van der Waals surface area contributed by atoms with E-state index in [-0.39, 0.29) is 16.6 Å². The number of amides is 1. The summed E-state index contributed by atoms with van der Waals surface area (Å²) in [6.45, 7) is 7.15. The molecule has 0 aliphatic carbocycles. The summed E-state index contributed by atoms with van der Waals surface area (Å²) in [4.78, 5) is 24.2. The molecule has 0 aromatic heterocycles. The van der Waals surface area contributed by atoms with E-state index >= 15 is 0 Å². The van der Waals surface area contributed by atoms with Crippen molar-refractivity contribution >= 4 is 23.6 Å². The molecule has 1 fully saturated rings. The Morgan fingerprint density at radius 1 is 1.44 bits per heavy atom. The average molecular weight is 245 g/mol. The molecule has 1 amide bonds. The van der Waals surface area contributed by atoms with E-state index in [1.54, 1.807) is 16.7 Å². The third-order valence-electron chi connectivity index (χ3n) is 2.52. The van der Waals surface area contributed by atoms with E-state index < -0.39 is 5.97 Å². The maximum Gasteiger partial charge on any atom is 0.308 e. The highest BCUT2D eigenvalue weighted by Gasteiger charge is 2.31. The molecular formula is C11H19NO3S. The van der Waals surface area contributed by atoms with Crippen LogP contribution in [-0.2, 0) is 9.59 Å². The summed E-state index contributed by atoms with van der Waals surface area (Å²) in [5.41, 5.74) is 0. The molecule has 0 saturated carbocycles. The Labute approximate surface area is 100 Å². The standard InChI is InChI=1S/C11H19NO3S/c1-11(2,3)16-7-9(13)12-5-4-8(6-12)10(14)15/h8H,4-7H2,1-3H3,(H,14,15). The van der Waals surface area contributed by atoms with Crippen molar-refractivity contribution in [3.05, 3.63) is 0 Å². The molecule has 1 heterocycles. The second-order valence-electron chi connectivity index (χ2n) is 5.06. The Morgan fingerprint density at radius 3 is 2.50 bits per heavy atom. The highest BCUT2D eigenvalue weighted by Crippen LogP contribution is 2.24. The largest absolute Gasteiger partial charge is 0.481 e. The van der Waals surface area contributed by atoms with E-state index in [2.05, 4.69) is 20.8 Å². The monoisotopic (exact) mass is 245 g/mol. The first kappa shape index (κ1) is 13.4. The predicted octanol–water partition coefficient (Wildman–Crippen LogP) is 1.45. The van der Waals surface area contributed by atoms with Crippen molar-refractivity contribution in [2.24, 2.45) is 5.92 Å². The van der Waals surface area contributed by atoms with Gasteiger partial charge in [0.2, 0.25) is 5.91 Å². The minimum Gasteiger partial charge on any atom is -0.481 e. The predicted molar refractivity (Wildman–Crippen MR) is 64.5 cm³/mol. The van der Waals surface area contributed by atoms with E-state index in [0.717, 1.165) is 0 Å². The Kier molecular flexibility index (Phi) is 4.24. The summed E-state index contributed by atoms with van der Waals surface area (Å²) in [7, 11) is 0.